The van der Waals surface area contributed by atoms with Gasteiger partial charge >= 0.3 is 0 Å². The Hall–Kier alpha value is -1.68. The van der Waals surface area contributed by atoms with Crippen molar-refractivity contribution < 1.29 is 4.39 Å². The average Bonchev–Trinajstić information content (AvgIpc) is 2.77. The van der Waals surface area contributed by atoms with Crippen molar-refractivity contribution in [1.82, 2.24) is 9.78 Å². The summed E-state index contributed by atoms with van der Waals surface area (Å²) in [7, 11) is 0. The third-order valence-electron chi connectivity index (χ3n) is 2.58. The van der Waals surface area contributed by atoms with Gasteiger partial charge in [0.1, 0.15) is 5.82 Å². The lowest BCUT2D eigenvalue weighted by Crippen LogP contribution is -2.12. The van der Waals surface area contributed by atoms with Gasteiger partial charge < -0.3 is 5.73 Å². The average molecular weight is 219 g/mol. The highest BCUT2D eigenvalue weighted by molar-refractivity contribution is 5.29. The Labute approximate surface area is 93.7 Å². The molecule has 1 aromatic carbocycles. The predicted octanol–water partition coefficient (Wildman–Crippen LogP) is 2.09. The molecule has 3 nitrogen and oxygen atoms in total. The molecule has 0 radical (unpaired) electrons. The summed E-state index contributed by atoms with van der Waals surface area (Å²) in [5, 5.41) is 4.13. The molecule has 2 aromatic rings. The molecular weight excluding hydrogens is 205 g/mol. The van der Waals surface area contributed by atoms with Crippen molar-refractivity contribution in [2.75, 3.05) is 0 Å². The Morgan fingerprint density at radius 2 is 2.19 bits per heavy atom. The van der Waals surface area contributed by atoms with Crippen molar-refractivity contribution in [1.29, 1.82) is 0 Å². The minimum absolute atomic E-state index is 0.278. The summed E-state index contributed by atoms with van der Waals surface area (Å²) in [6.45, 7) is 2.77. The summed E-state index contributed by atoms with van der Waals surface area (Å²) in [6.07, 6.45) is 3.53. The van der Waals surface area contributed by atoms with Crippen molar-refractivity contribution >= 4 is 0 Å². The van der Waals surface area contributed by atoms with Crippen LogP contribution in [0.15, 0.2) is 36.7 Å². The molecule has 2 rings (SSSR count). The fourth-order valence-corrected chi connectivity index (χ4v) is 1.62. The Morgan fingerprint density at radius 3 is 2.81 bits per heavy atom. The standard InChI is InChI=1S/C12H14FN3/c1-2-16-8-9(7-15-16)12(14)10-5-3-4-6-11(10)13/h3-8,12H,2,14H2,1H3. The molecule has 0 amide bonds. The van der Waals surface area contributed by atoms with E-state index in [1.165, 1.54) is 6.07 Å². The van der Waals surface area contributed by atoms with Crippen LogP contribution in [-0.2, 0) is 6.54 Å². The van der Waals surface area contributed by atoms with Gasteiger partial charge in [-0.25, -0.2) is 4.39 Å². The van der Waals surface area contributed by atoms with Crippen LogP contribution in [0.4, 0.5) is 4.39 Å². The van der Waals surface area contributed by atoms with Gasteiger partial charge in [-0.05, 0) is 13.0 Å². The first-order valence-corrected chi connectivity index (χ1v) is 5.24. The van der Waals surface area contributed by atoms with E-state index in [-0.39, 0.29) is 5.82 Å². The lowest BCUT2D eigenvalue weighted by atomic mass is 10.0. The van der Waals surface area contributed by atoms with Crippen LogP contribution in [0.2, 0.25) is 0 Å². The van der Waals surface area contributed by atoms with Crippen molar-refractivity contribution in [2.45, 2.75) is 19.5 Å². The van der Waals surface area contributed by atoms with Crippen LogP contribution in [0, 0.1) is 5.82 Å². The number of aromatic nitrogens is 2. The molecule has 0 spiro atoms. The third-order valence-corrected chi connectivity index (χ3v) is 2.58. The van der Waals surface area contributed by atoms with Crippen LogP contribution in [0.25, 0.3) is 0 Å². The van der Waals surface area contributed by atoms with Crippen LogP contribution in [0.5, 0.6) is 0 Å². The second-order valence-corrected chi connectivity index (χ2v) is 3.63. The fourth-order valence-electron chi connectivity index (χ4n) is 1.62. The van der Waals surface area contributed by atoms with Crippen LogP contribution in [0.3, 0.4) is 0 Å². The van der Waals surface area contributed by atoms with Crippen LogP contribution < -0.4 is 5.73 Å². The molecule has 0 fully saturated rings. The van der Waals surface area contributed by atoms with E-state index in [2.05, 4.69) is 5.10 Å². The zero-order valence-corrected chi connectivity index (χ0v) is 9.10. The van der Waals surface area contributed by atoms with E-state index < -0.39 is 6.04 Å². The number of hydrogen-bond acceptors (Lipinski definition) is 2. The summed E-state index contributed by atoms with van der Waals surface area (Å²) in [5.41, 5.74) is 7.32. The summed E-state index contributed by atoms with van der Waals surface area (Å²) in [4.78, 5) is 0. The van der Waals surface area contributed by atoms with Gasteiger partial charge in [0.05, 0.1) is 12.2 Å². The normalized spacial score (nSPS) is 12.7. The van der Waals surface area contributed by atoms with Crippen molar-refractivity contribution in [2.24, 2.45) is 5.73 Å². The first-order chi connectivity index (χ1) is 7.72. The lowest BCUT2D eigenvalue weighted by molar-refractivity contribution is 0.599. The molecule has 84 valence electrons. The molecule has 0 saturated heterocycles. The monoisotopic (exact) mass is 219 g/mol. The number of nitrogens with two attached hydrogens (primary N) is 1. The summed E-state index contributed by atoms with van der Waals surface area (Å²) >= 11 is 0. The highest BCUT2D eigenvalue weighted by atomic mass is 19.1. The topological polar surface area (TPSA) is 43.8 Å². The summed E-state index contributed by atoms with van der Waals surface area (Å²) in [5.74, 6) is -0.278. The molecule has 0 aliphatic carbocycles. The molecule has 1 heterocycles. The van der Waals surface area contributed by atoms with Gasteiger partial charge in [-0.3, -0.25) is 4.68 Å². The van der Waals surface area contributed by atoms with E-state index in [4.69, 9.17) is 5.73 Å². The summed E-state index contributed by atoms with van der Waals surface area (Å²) in [6, 6.07) is 6.09. The zero-order valence-electron chi connectivity index (χ0n) is 9.10. The minimum atomic E-state index is -0.457. The maximum atomic E-state index is 13.5. The minimum Gasteiger partial charge on any atom is -0.320 e. The molecule has 1 unspecified atom stereocenters. The van der Waals surface area contributed by atoms with Crippen molar-refractivity contribution in [3.8, 4) is 0 Å². The van der Waals surface area contributed by atoms with Gasteiger partial charge in [0.25, 0.3) is 0 Å². The third kappa shape index (κ3) is 1.97. The number of benzene rings is 1. The van der Waals surface area contributed by atoms with Crippen molar-refractivity contribution in [3.63, 3.8) is 0 Å². The van der Waals surface area contributed by atoms with Gasteiger partial charge in [0.15, 0.2) is 0 Å². The number of nitrogens with zero attached hydrogens (tertiary/aromatic N) is 2. The number of hydrogen-bond donors (Lipinski definition) is 1. The molecular formula is C12H14FN3. The van der Waals surface area contributed by atoms with Crippen LogP contribution in [-0.4, -0.2) is 9.78 Å². The molecule has 0 bridgehead atoms. The van der Waals surface area contributed by atoms with E-state index in [1.807, 2.05) is 13.1 Å². The van der Waals surface area contributed by atoms with Gasteiger partial charge in [0.2, 0.25) is 0 Å². The van der Waals surface area contributed by atoms with E-state index in [0.717, 1.165) is 12.1 Å². The smallest absolute Gasteiger partial charge is 0.128 e. The Balaban J connectivity index is 2.31. The van der Waals surface area contributed by atoms with E-state index in [9.17, 15) is 4.39 Å². The molecule has 2 N–H and O–H groups in total. The summed E-state index contributed by atoms with van der Waals surface area (Å²) < 4.78 is 15.3. The van der Waals surface area contributed by atoms with Gasteiger partial charge in [-0.1, -0.05) is 18.2 Å². The fraction of sp³-hybridized carbons (Fsp3) is 0.250. The predicted molar refractivity (Wildman–Crippen MR) is 60.3 cm³/mol. The molecule has 16 heavy (non-hydrogen) atoms. The first-order valence-electron chi connectivity index (χ1n) is 5.24. The highest BCUT2D eigenvalue weighted by Gasteiger charge is 2.14. The van der Waals surface area contributed by atoms with Crippen LogP contribution >= 0.6 is 0 Å². The van der Waals surface area contributed by atoms with Crippen molar-refractivity contribution in [3.05, 3.63) is 53.6 Å². The molecule has 4 heteroatoms. The maximum Gasteiger partial charge on any atom is 0.128 e. The van der Waals surface area contributed by atoms with Gasteiger partial charge in [0, 0.05) is 23.9 Å². The quantitative estimate of drug-likeness (QED) is 0.859. The molecule has 0 aliphatic rings. The second-order valence-electron chi connectivity index (χ2n) is 3.63. The Kier molecular flexibility index (Phi) is 3.01. The molecule has 0 aliphatic heterocycles. The Morgan fingerprint density at radius 1 is 1.44 bits per heavy atom. The molecule has 0 saturated carbocycles. The maximum absolute atomic E-state index is 13.5. The SMILES string of the molecule is CCn1cc(C(N)c2ccccc2F)cn1. The lowest BCUT2D eigenvalue weighted by Gasteiger charge is -2.10. The largest absolute Gasteiger partial charge is 0.320 e. The Bertz CT molecular complexity index is 479. The van der Waals surface area contributed by atoms with Crippen LogP contribution in [0.1, 0.15) is 24.1 Å². The number of aryl methyl sites for hydroxylation is 1. The zero-order chi connectivity index (χ0) is 11.5. The highest BCUT2D eigenvalue weighted by Crippen LogP contribution is 2.21. The second kappa shape index (κ2) is 4.45. The van der Waals surface area contributed by atoms with Gasteiger partial charge in [-0.2, -0.15) is 5.10 Å². The number of halogens is 1. The van der Waals surface area contributed by atoms with E-state index >= 15 is 0 Å². The molecule has 1 atom stereocenters. The van der Waals surface area contributed by atoms with E-state index in [0.29, 0.717) is 5.56 Å². The first kappa shape index (κ1) is 10.8. The van der Waals surface area contributed by atoms with Gasteiger partial charge in [-0.15, -0.1) is 0 Å². The van der Waals surface area contributed by atoms with E-state index in [1.54, 1.807) is 29.1 Å². The molecule has 1 aromatic heterocycles. The number of rotatable bonds is 3.